The highest BCUT2D eigenvalue weighted by molar-refractivity contribution is 5.41. The molecule has 2 aromatic rings. The van der Waals surface area contributed by atoms with Crippen molar-refractivity contribution in [1.29, 1.82) is 0 Å². The molecule has 0 unspecified atom stereocenters. The summed E-state index contributed by atoms with van der Waals surface area (Å²) in [6.45, 7) is 3.47. The van der Waals surface area contributed by atoms with Gasteiger partial charge in [0.05, 0.1) is 13.2 Å². The van der Waals surface area contributed by atoms with Gasteiger partial charge in [-0.2, -0.15) is 0 Å². The van der Waals surface area contributed by atoms with Crippen LogP contribution in [0.15, 0.2) is 48.5 Å². The second kappa shape index (κ2) is 8.20. The Kier molecular flexibility index (Phi) is 5.95. The molecule has 0 saturated heterocycles. The van der Waals surface area contributed by atoms with Gasteiger partial charge in [-0.05, 0) is 49.1 Å². The van der Waals surface area contributed by atoms with E-state index in [9.17, 15) is 0 Å². The Labute approximate surface area is 126 Å². The fraction of sp³-hybridized carbons (Fsp3) is 0.333. The maximum Gasteiger partial charge on any atom is 0.161 e. The third-order valence-electron chi connectivity index (χ3n) is 3.13. The first kappa shape index (κ1) is 15.2. The van der Waals surface area contributed by atoms with E-state index in [0.29, 0.717) is 13.2 Å². The van der Waals surface area contributed by atoms with Gasteiger partial charge in [-0.25, -0.2) is 0 Å². The van der Waals surface area contributed by atoms with Gasteiger partial charge >= 0.3 is 0 Å². The number of nitrogen functional groups attached to an aromatic ring is 1. The molecule has 2 aromatic carbocycles. The van der Waals surface area contributed by atoms with E-state index in [1.165, 1.54) is 5.56 Å². The number of anilines is 1. The topological polar surface area (TPSA) is 44.5 Å². The molecule has 0 radical (unpaired) electrons. The molecule has 0 spiro atoms. The summed E-state index contributed by atoms with van der Waals surface area (Å²) in [4.78, 5) is 0. The summed E-state index contributed by atoms with van der Waals surface area (Å²) in [6.07, 6.45) is 2.90. The molecule has 21 heavy (non-hydrogen) atoms. The van der Waals surface area contributed by atoms with Crippen LogP contribution in [0.25, 0.3) is 0 Å². The Hall–Kier alpha value is -2.16. The van der Waals surface area contributed by atoms with Crippen LogP contribution in [-0.2, 0) is 6.42 Å². The molecule has 0 heterocycles. The molecule has 0 bridgehead atoms. The lowest BCUT2D eigenvalue weighted by molar-refractivity contribution is 0.265. The van der Waals surface area contributed by atoms with Crippen LogP contribution >= 0.6 is 0 Å². The van der Waals surface area contributed by atoms with E-state index in [1.54, 1.807) is 0 Å². The van der Waals surface area contributed by atoms with Gasteiger partial charge < -0.3 is 15.2 Å². The van der Waals surface area contributed by atoms with E-state index in [1.807, 2.05) is 42.5 Å². The Morgan fingerprint density at radius 2 is 1.62 bits per heavy atom. The molecule has 112 valence electrons. The van der Waals surface area contributed by atoms with Gasteiger partial charge in [0.2, 0.25) is 0 Å². The van der Waals surface area contributed by atoms with Crippen molar-refractivity contribution in [3.8, 4) is 11.5 Å². The molecule has 0 aliphatic heterocycles. The third kappa shape index (κ3) is 5.03. The van der Waals surface area contributed by atoms with Crippen LogP contribution in [0.5, 0.6) is 11.5 Å². The van der Waals surface area contributed by atoms with Crippen LogP contribution in [0, 0.1) is 0 Å². The zero-order valence-electron chi connectivity index (χ0n) is 12.5. The zero-order chi connectivity index (χ0) is 14.9. The van der Waals surface area contributed by atoms with E-state index in [0.717, 1.165) is 36.4 Å². The molecule has 0 fully saturated rings. The van der Waals surface area contributed by atoms with Crippen molar-refractivity contribution < 1.29 is 9.47 Å². The first-order chi connectivity index (χ1) is 10.3. The molecule has 0 aliphatic rings. The van der Waals surface area contributed by atoms with Crippen LogP contribution in [0.4, 0.5) is 5.69 Å². The summed E-state index contributed by atoms with van der Waals surface area (Å²) < 4.78 is 11.5. The van der Waals surface area contributed by atoms with Crippen LogP contribution in [0.2, 0.25) is 0 Å². The standard InChI is InChI=1S/C18H23NO2/c1-2-12-20-17-10-3-4-11-18(17)21-13-6-8-15-7-5-9-16(19)14-15/h3-5,7,9-11,14H,2,6,8,12-13,19H2,1H3. The monoisotopic (exact) mass is 285 g/mol. The molecule has 0 saturated carbocycles. The number of hydrogen-bond acceptors (Lipinski definition) is 3. The number of rotatable bonds is 8. The van der Waals surface area contributed by atoms with Crippen LogP contribution in [-0.4, -0.2) is 13.2 Å². The largest absolute Gasteiger partial charge is 0.490 e. The summed E-state index contributed by atoms with van der Waals surface area (Å²) in [6, 6.07) is 15.8. The second-order valence-corrected chi connectivity index (χ2v) is 4.99. The number of hydrogen-bond donors (Lipinski definition) is 1. The molecule has 2 N–H and O–H groups in total. The van der Waals surface area contributed by atoms with E-state index in [4.69, 9.17) is 15.2 Å². The van der Waals surface area contributed by atoms with Crippen molar-refractivity contribution in [2.75, 3.05) is 18.9 Å². The van der Waals surface area contributed by atoms with Gasteiger partial charge in [0, 0.05) is 5.69 Å². The smallest absolute Gasteiger partial charge is 0.161 e. The SMILES string of the molecule is CCCOc1ccccc1OCCCc1cccc(N)c1. The lowest BCUT2D eigenvalue weighted by atomic mass is 10.1. The molecular formula is C18H23NO2. The average Bonchev–Trinajstić information content (AvgIpc) is 2.50. The minimum atomic E-state index is 0.668. The highest BCUT2D eigenvalue weighted by Gasteiger charge is 2.03. The molecule has 0 amide bonds. The van der Waals surface area contributed by atoms with Gasteiger partial charge in [-0.1, -0.05) is 31.2 Å². The Balaban J connectivity index is 1.80. The van der Waals surface area contributed by atoms with E-state index in [2.05, 4.69) is 13.0 Å². The predicted molar refractivity (Wildman–Crippen MR) is 86.9 cm³/mol. The van der Waals surface area contributed by atoms with Crippen LogP contribution in [0.1, 0.15) is 25.3 Å². The van der Waals surface area contributed by atoms with Crippen LogP contribution < -0.4 is 15.2 Å². The first-order valence-electron chi connectivity index (χ1n) is 7.48. The third-order valence-corrected chi connectivity index (χ3v) is 3.13. The second-order valence-electron chi connectivity index (χ2n) is 4.99. The lowest BCUT2D eigenvalue weighted by Gasteiger charge is -2.12. The lowest BCUT2D eigenvalue weighted by Crippen LogP contribution is -2.03. The van der Waals surface area contributed by atoms with Crippen molar-refractivity contribution in [1.82, 2.24) is 0 Å². The number of nitrogens with two attached hydrogens (primary N) is 1. The summed E-state index contributed by atoms with van der Waals surface area (Å²) in [5.74, 6) is 1.64. The zero-order valence-corrected chi connectivity index (χ0v) is 12.5. The fourth-order valence-corrected chi connectivity index (χ4v) is 2.11. The first-order valence-corrected chi connectivity index (χ1v) is 7.48. The molecular weight excluding hydrogens is 262 g/mol. The number of benzene rings is 2. The highest BCUT2D eigenvalue weighted by atomic mass is 16.5. The van der Waals surface area contributed by atoms with Crippen molar-refractivity contribution in [2.45, 2.75) is 26.2 Å². The van der Waals surface area contributed by atoms with E-state index >= 15 is 0 Å². The molecule has 3 heteroatoms. The predicted octanol–water partition coefficient (Wildman–Crippen LogP) is 4.07. The van der Waals surface area contributed by atoms with Gasteiger partial charge in [-0.15, -0.1) is 0 Å². The van der Waals surface area contributed by atoms with Crippen molar-refractivity contribution in [3.63, 3.8) is 0 Å². The average molecular weight is 285 g/mol. The summed E-state index contributed by atoms with van der Waals surface area (Å²) in [5.41, 5.74) is 7.83. The van der Waals surface area contributed by atoms with Gasteiger partial charge in [0.15, 0.2) is 11.5 Å². The summed E-state index contributed by atoms with van der Waals surface area (Å²) in [5, 5.41) is 0. The quantitative estimate of drug-likeness (QED) is 0.587. The van der Waals surface area contributed by atoms with Crippen LogP contribution in [0.3, 0.4) is 0 Å². The molecule has 0 aliphatic carbocycles. The summed E-state index contributed by atoms with van der Waals surface area (Å²) in [7, 11) is 0. The Morgan fingerprint density at radius 3 is 2.29 bits per heavy atom. The number of aryl methyl sites for hydroxylation is 1. The van der Waals surface area contributed by atoms with Gasteiger partial charge in [-0.3, -0.25) is 0 Å². The van der Waals surface area contributed by atoms with Crippen molar-refractivity contribution in [2.24, 2.45) is 0 Å². The van der Waals surface area contributed by atoms with Gasteiger partial charge in [0.1, 0.15) is 0 Å². The normalized spacial score (nSPS) is 10.3. The van der Waals surface area contributed by atoms with Gasteiger partial charge in [0.25, 0.3) is 0 Å². The highest BCUT2D eigenvalue weighted by Crippen LogP contribution is 2.26. The number of ether oxygens (including phenoxy) is 2. The molecule has 0 aromatic heterocycles. The maximum atomic E-state index is 5.83. The molecule has 0 atom stereocenters. The maximum absolute atomic E-state index is 5.83. The Bertz CT molecular complexity index is 554. The minimum Gasteiger partial charge on any atom is -0.490 e. The summed E-state index contributed by atoms with van der Waals surface area (Å²) >= 11 is 0. The van der Waals surface area contributed by atoms with E-state index in [-0.39, 0.29) is 0 Å². The molecule has 3 nitrogen and oxygen atoms in total. The van der Waals surface area contributed by atoms with E-state index < -0.39 is 0 Å². The number of para-hydroxylation sites is 2. The minimum absolute atomic E-state index is 0.668. The fourth-order valence-electron chi connectivity index (χ4n) is 2.11. The van der Waals surface area contributed by atoms with Crippen molar-refractivity contribution in [3.05, 3.63) is 54.1 Å². The Morgan fingerprint density at radius 1 is 0.905 bits per heavy atom. The molecule has 2 rings (SSSR count). The van der Waals surface area contributed by atoms with Crippen molar-refractivity contribution >= 4 is 5.69 Å².